The molecule has 0 N–H and O–H groups in total. The van der Waals surface area contributed by atoms with E-state index in [1.807, 2.05) is 37.3 Å². The zero-order chi connectivity index (χ0) is 15.8. The van der Waals surface area contributed by atoms with E-state index in [0.717, 1.165) is 22.5 Å². The number of carbonyl (C=O) groups is 1. The molecular weight excluding hydrogens is 286 g/mol. The summed E-state index contributed by atoms with van der Waals surface area (Å²) in [7, 11) is 0. The molecule has 1 amide bonds. The fourth-order valence-corrected chi connectivity index (χ4v) is 2.94. The van der Waals surface area contributed by atoms with E-state index >= 15 is 0 Å². The maximum absolute atomic E-state index is 12.9. The van der Waals surface area contributed by atoms with Crippen LogP contribution in [0.25, 0.3) is 11.1 Å². The molecule has 2 aromatic carbocycles. The Kier molecular flexibility index (Phi) is 3.15. The van der Waals surface area contributed by atoms with Crippen LogP contribution in [0.15, 0.2) is 60.9 Å². The molecule has 0 saturated heterocycles. The molecule has 23 heavy (non-hydrogen) atoms. The average molecular weight is 301 g/mol. The van der Waals surface area contributed by atoms with Crippen molar-refractivity contribution in [3.63, 3.8) is 0 Å². The number of fused-ring (bicyclic) bond motifs is 3. The van der Waals surface area contributed by atoms with Crippen LogP contribution in [0.2, 0.25) is 0 Å². The third-order valence-electron chi connectivity index (χ3n) is 4.08. The summed E-state index contributed by atoms with van der Waals surface area (Å²) in [4.78, 5) is 23.1. The van der Waals surface area contributed by atoms with Crippen LogP contribution in [-0.4, -0.2) is 15.9 Å². The molecule has 2 heterocycles. The van der Waals surface area contributed by atoms with Gasteiger partial charge in [-0.3, -0.25) is 9.78 Å². The molecule has 4 nitrogen and oxygen atoms in total. The van der Waals surface area contributed by atoms with E-state index < -0.39 is 0 Å². The Bertz CT molecular complexity index is 887. The quantitative estimate of drug-likeness (QED) is 0.689. The smallest absolute Gasteiger partial charge is 0.278 e. The second kappa shape index (κ2) is 5.32. The highest BCUT2D eigenvalue weighted by molar-refractivity contribution is 6.08. The van der Waals surface area contributed by atoms with Crippen LogP contribution in [0.1, 0.15) is 21.7 Å². The Morgan fingerprint density at radius 1 is 0.957 bits per heavy atom. The molecule has 0 saturated carbocycles. The maximum Gasteiger partial charge on any atom is 0.278 e. The van der Waals surface area contributed by atoms with E-state index in [1.165, 1.54) is 5.56 Å². The second-order valence-corrected chi connectivity index (χ2v) is 5.61. The zero-order valence-electron chi connectivity index (χ0n) is 12.7. The number of aromatic nitrogens is 2. The first-order valence-corrected chi connectivity index (χ1v) is 7.52. The van der Waals surface area contributed by atoms with E-state index in [-0.39, 0.29) is 5.91 Å². The summed E-state index contributed by atoms with van der Waals surface area (Å²) in [5.41, 5.74) is 5.47. The number of aryl methyl sites for hydroxylation is 1. The van der Waals surface area contributed by atoms with Crippen molar-refractivity contribution in [1.82, 2.24) is 9.97 Å². The molecule has 1 aromatic heterocycles. The van der Waals surface area contributed by atoms with E-state index in [4.69, 9.17) is 0 Å². The molecule has 0 unspecified atom stereocenters. The molecule has 0 radical (unpaired) electrons. The predicted molar refractivity (Wildman–Crippen MR) is 89.2 cm³/mol. The van der Waals surface area contributed by atoms with Gasteiger partial charge in [0.15, 0.2) is 0 Å². The predicted octanol–water partition coefficient (Wildman–Crippen LogP) is 3.61. The largest absolute Gasteiger partial charge is 0.302 e. The van der Waals surface area contributed by atoms with Crippen molar-refractivity contribution in [1.29, 1.82) is 0 Å². The van der Waals surface area contributed by atoms with Gasteiger partial charge in [0.1, 0.15) is 5.69 Å². The van der Waals surface area contributed by atoms with Gasteiger partial charge in [0.25, 0.3) is 5.91 Å². The lowest BCUT2D eigenvalue weighted by atomic mass is 9.93. The van der Waals surface area contributed by atoms with Crippen LogP contribution >= 0.6 is 0 Å². The fourth-order valence-electron chi connectivity index (χ4n) is 2.94. The summed E-state index contributed by atoms with van der Waals surface area (Å²) in [6.07, 6.45) is 3.16. The zero-order valence-corrected chi connectivity index (χ0v) is 12.7. The number of hydrogen-bond donors (Lipinski definition) is 0. The highest BCUT2D eigenvalue weighted by Gasteiger charge is 2.27. The number of hydrogen-bond acceptors (Lipinski definition) is 3. The van der Waals surface area contributed by atoms with E-state index in [9.17, 15) is 4.79 Å². The minimum absolute atomic E-state index is 0.126. The number of benzene rings is 2. The monoisotopic (exact) mass is 301 g/mol. The summed E-state index contributed by atoms with van der Waals surface area (Å²) in [5.74, 6) is -0.126. The molecular formula is C19H15N3O. The van der Waals surface area contributed by atoms with E-state index in [2.05, 4.69) is 28.2 Å². The molecule has 0 atom stereocenters. The first-order chi connectivity index (χ1) is 11.2. The first kappa shape index (κ1) is 13.6. The lowest BCUT2D eigenvalue weighted by molar-refractivity contribution is 0.0979. The summed E-state index contributed by atoms with van der Waals surface area (Å²) >= 11 is 0. The summed E-state index contributed by atoms with van der Waals surface area (Å²) in [6.45, 7) is 2.40. The molecule has 0 bridgehead atoms. The Hall–Kier alpha value is -3.01. The van der Waals surface area contributed by atoms with Crippen molar-refractivity contribution >= 4 is 11.6 Å². The van der Waals surface area contributed by atoms with Gasteiger partial charge in [-0.1, -0.05) is 42.5 Å². The SMILES string of the molecule is Cc1cnc(C(=O)N2Cc3ccccc3-c3ccccc32)cn1. The number of para-hydroxylation sites is 1. The Labute approximate surface area is 134 Å². The lowest BCUT2D eigenvalue weighted by Gasteiger charge is -2.30. The van der Waals surface area contributed by atoms with Crippen LogP contribution in [-0.2, 0) is 6.54 Å². The maximum atomic E-state index is 12.9. The van der Waals surface area contributed by atoms with Gasteiger partial charge in [-0.25, -0.2) is 4.98 Å². The number of nitrogens with zero attached hydrogens (tertiary/aromatic N) is 3. The molecule has 4 rings (SSSR count). The third-order valence-corrected chi connectivity index (χ3v) is 4.08. The highest BCUT2D eigenvalue weighted by Crippen LogP contribution is 2.39. The van der Waals surface area contributed by atoms with Crippen molar-refractivity contribution in [2.24, 2.45) is 0 Å². The van der Waals surface area contributed by atoms with Crippen molar-refractivity contribution in [2.45, 2.75) is 13.5 Å². The van der Waals surface area contributed by atoms with Gasteiger partial charge in [0.2, 0.25) is 0 Å². The molecule has 112 valence electrons. The minimum atomic E-state index is -0.126. The Morgan fingerprint density at radius 2 is 1.70 bits per heavy atom. The van der Waals surface area contributed by atoms with Crippen LogP contribution in [0.3, 0.4) is 0 Å². The molecule has 0 fully saturated rings. The number of anilines is 1. The molecule has 1 aliphatic rings. The minimum Gasteiger partial charge on any atom is -0.302 e. The molecule has 0 spiro atoms. The molecule has 3 aromatic rings. The fraction of sp³-hybridized carbons (Fsp3) is 0.105. The van der Waals surface area contributed by atoms with Gasteiger partial charge >= 0.3 is 0 Å². The number of amides is 1. The van der Waals surface area contributed by atoms with Gasteiger partial charge in [-0.15, -0.1) is 0 Å². The average Bonchev–Trinajstić information content (AvgIpc) is 2.61. The van der Waals surface area contributed by atoms with Crippen LogP contribution in [0.5, 0.6) is 0 Å². The van der Waals surface area contributed by atoms with Gasteiger partial charge in [-0.05, 0) is 24.1 Å². The summed E-state index contributed by atoms with van der Waals surface area (Å²) < 4.78 is 0. The summed E-state index contributed by atoms with van der Waals surface area (Å²) in [5, 5.41) is 0. The highest BCUT2D eigenvalue weighted by atomic mass is 16.2. The van der Waals surface area contributed by atoms with E-state index in [1.54, 1.807) is 17.3 Å². The number of rotatable bonds is 1. The Balaban J connectivity index is 1.82. The van der Waals surface area contributed by atoms with Gasteiger partial charge < -0.3 is 4.90 Å². The normalized spacial score (nSPS) is 12.5. The second-order valence-electron chi connectivity index (χ2n) is 5.61. The standard InChI is InChI=1S/C19H15N3O/c1-13-10-21-17(11-20-13)19(23)22-12-14-6-2-3-7-15(14)16-8-4-5-9-18(16)22/h2-11H,12H2,1H3. The van der Waals surface area contributed by atoms with Crippen molar-refractivity contribution in [3.8, 4) is 11.1 Å². The lowest BCUT2D eigenvalue weighted by Crippen LogP contribution is -2.33. The van der Waals surface area contributed by atoms with Crippen molar-refractivity contribution in [2.75, 3.05) is 4.90 Å². The number of carbonyl (C=O) groups excluding carboxylic acids is 1. The summed E-state index contributed by atoms with van der Waals surface area (Å²) in [6, 6.07) is 16.2. The van der Waals surface area contributed by atoms with Gasteiger partial charge in [0, 0.05) is 11.8 Å². The molecule has 4 heteroatoms. The van der Waals surface area contributed by atoms with Crippen LogP contribution < -0.4 is 4.90 Å². The van der Waals surface area contributed by atoms with Gasteiger partial charge in [-0.2, -0.15) is 0 Å². The van der Waals surface area contributed by atoms with Crippen molar-refractivity contribution < 1.29 is 4.79 Å². The van der Waals surface area contributed by atoms with Crippen molar-refractivity contribution in [3.05, 3.63) is 77.9 Å². The van der Waals surface area contributed by atoms with Crippen LogP contribution in [0.4, 0.5) is 5.69 Å². The first-order valence-electron chi connectivity index (χ1n) is 7.52. The molecule has 0 aliphatic carbocycles. The topological polar surface area (TPSA) is 46.1 Å². The third kappa shape index (κ3) is 2.28. The van der Waals surface area contributed by atoms with Crippen LogP contribution in [0, 0.1) is 6.92 Å². The Morgan fingerprint density at radius 3 is 2.48 bits per heavy atom. The van der Waals surface area contributed by atoms with E-state index in [0.29, 0.717) is 12.2 Å². The molecule has 1 aliphatic heterocycles. The van der Waals surface area contributed by atoms with Gasteiger partial charge in [0.05, 0.1) is 24.1 Å².